The van der Waals surface area contributed by atoms with E-state index in [1.54, 1.807) is 4.90 Å². The maximum absolute atomic E-state index is 13.9. The number of amides is 1. The third kappa shape index (κ3) is 3.27. The molecule has 1 aliphatic heterocycles. The molecule has 1 aromatic carbocycles. The molecule has 0 aliphatic carbocycles. The Hall–Kier alpha value is -2.52. The van der Waals surface area contributed by atoms with E-state index in [9.17, 15) is 9.18 Å². The zero-order chi connectivity index (χ0) is 18.3. The van der Waals surface area contributed by atoms with Crippen molar-refractivity contribution in [3.63, 3.8) is 0 Å². The third-order valence-corrected chi connectivity index (χ3v) is 4.74. The molecule has 1 amide bonds. The predicted octanol–water partition coefficient (Wildman–Crippen LogP) is 2.62. The highest BCUT2D eigenvalue weighted by molar-refractivity contribution is 7.71. The first-order valence-corrected chi connectivity index (χ1v) is 8.76. The number of hydrogen-bond acceptors (Lipinski definition) is 5. The average Bonchev–Trinajstić information content (AvgIpc) is 3.18. The summed E-state index contributed by atoms with van der Waals surface area (Å²) in [5.74, 6) is 0.148. The number of piperazine rings is 1. The first-order chi connectivity index (χ1) is 12.5. The van der Waals surface area contributed by atoms with Gasteiger partial charge in [-0.3, -0.25) is 9.69 Å². The number of aryl methyl sites for hydroxylation is 1. The summed E-state index contributed by atoms with van der Waals surface area (Å²) in [5.41, 5.74) is 2.19. The fourth-order valence-corrected chi connectivity index (χ4v) is 3.48. The number of hydrogen-bond donors (Lipinski definition) is 2. The molecule has 0 saturated carbocycles. The van der Waals surface area contributed by atoms with Crippen LogP contribution < -0.4 is 0 Å². The van der Waals surface area contributed by atoms with Gasteiger partial charge in [-0.05, 0) is 31.3 Å². The van der Waals surface area contributed by atoms with Crippen LogP contribution in [0.15, 0.2) is 22.7 Å². The molecule has 1 aliphatic rings. The van der Waals surface area contributed by atoms with Crippen LogP contribution in [0.1, 0.15) is 21.8 Å². The molecule has 7 nitrogen and oxygen atoms in total. The van der Waals surface area contributed by atoms with Crippen molar-refractivity contribution < 1.29 is 13.7 Å². The number of imidazole rings is 1. The normalized spacial score (nSPS) is 15.7. The second kappa shape index (κ2) is 6.65. The van der Waals surface area contributed by atoms with E-state index < -0.39 is 5.82 Å². The van der Waals surface area contributed by atoms with Crippen molar-refractivity contribution in [1.29, 1.82) is 0 Å². The van der Waals surface area contributed by atoms with Gasteiger partial charge >= 0.3 is 0 Å². The second-order valence-corrected chi connectivity index (χ2v) is 6.87. The van der Waals surface area contributed by atoms with Gasteiger partial charge in [0.25, 0.3) is 5.91 Å². The van der Waals surface area contributed by atoms with Crippen LogP contribution in [0, 0.1) is 17.5 Å². The van der Waals surface area contributed by atoms with Crippen LogP contribution >= 0.6 is 12.2 Å². The van der Waals surface area contributed by atoms with Gasteiger partial charge in [-0.2, -0.15) is 0 Å². The molecule has 136 valence electrons. The Balaban J connectivity index is 1.48. The van der Waals surface area contributed by atoms with E-state index in [1.165, 1.54) is 12.1 Å². The van der Waals surface area contributed by atoms with Gasteiger partial charge in [0.05, 0.1) is 28.8 Å². The van der Waals surface area contributed by atoms with Gasteiger partial charge in [-0.15, -0.1) is 0 Å². The smallest absolute Gasteiger partial charge is 0.256 e. The van der Waals surface area contributed by atoms with E-state index in [2.05, 4.69) is 20.0 Å². The zero-order valence-corrected chi connectivity index (χ0v) is 15.0. The minimum atomic E-state index is -0.467. The Kier molecular flexibility index (Phi) is 4.33. The molecule has 0 radical (unpaired) electrons. The molecular weight excluding hydrogens is 357 g/mol. The number of carbonyl (C=O) groups excluding carboxylic acids is 1. The summed E-state index contributed by atoms with van der Waals surface area (Å²) in [6.07, 6.45) is 0. The molecule has 4 rings (SSSR count). The van der Waals surface area contributed by atoms with Crippen molar-refractivity contribution in [3.8, 4) is 0 Å². The SMILES string of the molecule is Cc1cc(CN2CCN(C(=O)c3cc(F)cc4[nH]c(=S)[nH]c34)CC2)on1. The summed E-state index contributed by atoms with van der Waals surface area (Å²) in [6, 6.07) is 4.50. The lowest BCUT2D eigenvalue weighted by molar-refractivity contribution is 0.0618. The van der Waals surface area contributed by atoms with E-state index in [-0.39, 0.29) is 5.91 Å². The van der Waals surface area contributed by atoms with Gasteiger partial charge in [0.1, 0.15) is 5.82 Å². The predicted molar refractivity (Wildman–Crippen MR) is 95.9 cm³/mol. The fourth-order valence-electron chi connectivity index (χ4n) is 3.27. The molecule has 3 heterocycles. The molecule has 26 heavy (non-hydrogen) atoms. The van der Waals surface area contributed by atoms with E-state index in [0.717, 1.165) is 11.5 Å². The number of aromatic amines is 2. The minimum Gasteiger partial charge on any atom is -0.360 e. The summed E-state index contributed by atoms with van der Waals surface area (Å²) >= 11 is 5.06. The Labute approximate surface area is 153 Å². The van der Waals surface area contributed by atoms with Gasteiger partial charge in [0.2, 0.25) is 0 Å². The van der Waals surface area contributed by atoms with Gasteiger partial charge in [-0.25, -0.2) is 4.39 Å². The first kappa shape index (κ1) is 16.9. The van der Waals surface area contributed by atoms with Crippen LogP contribution in [0.25, 0.3) is 11.0 Å². The van der Waals surface area contributed by atoms with Crippen LogP contribution in [0.5, 0.6) is 0 Å². The number of carbonyl (C=O) groups is 1. The Bertz CT molecular complexity index is 1020. The molecule has 2 aromatic heterocycles. The molecule has 3 aromatic rings. The van der Waals surface area contributed by atoms with Crippen LogP contribution in [0.2, 0.25) is 0 Å². The number of nitrogens with zero attached hydrogens (tertiary/aromatic N) is 3. The maximum Gasteiger partial charge on any atom is 0.256 e. The summed E-state index contributed by atoms with van der Waals surface area (Å²) in [5, 5.41) is 3.89. The van der Waals surface area contributed by atoms with Crippen molar-refractivity contribution >= 4 is 29.2 Å². The lowest BCUT2D eigenvalue weighted by atomic mass is 10.1. The highest BCUT2D eigenvalue weighted by atomic mass is 32.1. The highest BCUT2D eigenvalue weighted by Gasteiger charge is 2.25. The number of rotatable bonds is 3. The van der Waals surface area contributed by atoms with Crippen molar-refractivity contribution in [1.82, 2.24) is 24.9 Å². The number of fused-ring (bicyclic) bond motifs is 1. The Morgan fingerprint density at radius 1 is 1.27 bits per heavy atom. The van der Waals surface area contributed by atoms with Crippen LogP contribution in [-0.4, -0.2) is 57.0 Å². The summed E-state index contributed by atoms with van der Waals surface area (Å²) in [4.78, 5) is 22.6. The third-order valence-electron chi connectivity index (χ3n) is 4.54. The number of nitrogens with one attached hydrogen (secondary N) is 2. The van der Waals surface area contributed by atoms with Crippen LogP contribution in [-0.2, 0) is 6.54 Å². The standard InChI is InChI=1S/C17H18FN5O2S/c1-10-6-12(25-21-10)9-22-2-4-23(5-3-22)16(24)13-7-11(18)8-14-15(13)20-17(26)19-14/h6-8H,2-5,9H2,1H3,(H2,19,20,26). The zero-order valence-electron chi connectivity index (χ0n) is 14.2. The van der Waals surface area contributed by atoms with E-state index >= 15 is 0 Å². The second-order valence-electron chi connectivity index (χ2n) is 6.46. The molecule has 0 spiro atoms. The lowest BCUT2D eigenvalue weighted by Gasteiger charge is -2.34. The Morgan fingerprint density at radius 3 is 2.73 bits per heavy atom. The summed E-state index contributed by atoms with van der Waals surface area (Å²) in [7, 11) is 0. The number of benzene rings is 1. The lowest BCUT2D eigenvalue weighted by Crippen LogP contribution is -2.48. The molecule has 1 fully saturated rings. The van der Waals surface area contributed by atoms with Gasteiger partial charge in [-0.1, -0.05) is 5.16 Å². The fraction of sp³-hybridized carbons (Fsp3) is 0.353. The molecule has 0 atom stereocenters. The Morgan fingerprint density at radius 2 is 2.04 bits per heavy atom. The van der Waals surface area contributed by atoms with E-state index in [1.807, 2.05) is 13.0 Å². The summed E-state index contributed by atoms with van der Waals surface area (Å²) < 4.78 is 19.5. The first-order valence-electron chi connectivity index (χ1n) is 8.35. The number of H-pyrrole nitrogens is 2. The highest BCUT2D eigenvalue weighted by Crippen LogP contribution is 2.20. The number of halogens is 1. The average molecular weight is 375 g/mol. The molecule has 0 unspecified atom stereocenters. The minimum absolute atomic E-state index is 0.199. The number of aromatic nitrogens is 3. The van der Waals surface area contributed by atoms with Crippen molar-refractivity contribution in [2.45, 2.75) is 13.5 Å². The van der Waals surface area contributed by atoms with Crippen LogP contribution in [0.4, 0.5) is 4.39 Å². The van der Waals surface area contributed by atoms with Crippen molar-refractivity contribution in [2.75, 3.05) is 26.2 Å². The van der Waals surface area contributed by atoms with Crippen molar-refractivity contribution in [3.05, 3.63) is 45.8 Å². The summed E-state index contributed by atoms with van der Waals surface area (Å²) in [6.45, 7) is 5.11. The molecule has 2 N–H and O–H groups in total. The van der Waals surface area contributed by atoms with Gasteiger partial charge in [0, 0.05) is 32.2 Å². The van der Waals surface area contributed by atoms with E-state index in [4.69, 9.17) is 16.7 Å². The molecule has 9 heteroatoms. The van der Waals surface area contributed by atoms with Crippen LogP contribution in [0.3, 0.4) is 0 Å². The monoisotopic (exact) mass is 375 g/mol. The van der Waals surface area contributed by atoms with E-state index in [0.29, 0.717) is 54.1 Å². The largest absolute Gasteiger partial charge is 0.360 e. The van der Waals surface area contributed by atoms with Gasteiger partial charge in [0.15, 0.2) is 10.5 Å². The maximum atomic E-state index is 13.9. The topological polar surface area (TPSA) is 81.2 Å². The molecule has 0 bridgehead atoms. The molecule has 1 saturated heterocycles. The van der Waals surface area contributed by atoms with Gasteiger partial charge < -0.3 is 19.4 Å². The molecular formula is C17H18FN5O2S. The quantitative estimate of drug-likeness (QED) is 0.688. The van der Waals surface area contributed by atoms with Crippen molar-refractivity contribution in [2.24, 2.45) is 0 Å².